The van der Waals surface area contributed by atoms with E-state index in [1.54, 1.807) is 0 Å². The van der Waals surface area contributed by atoms with Crippen LogP contribution in [0.3, 0.4) is 0 Å². The fourth-order valence-electron chi connectivity index (χ4n) is 3.70. The van der Waals surface area contributed by atoms with Crippen molar-refractivity contribution in [3.8, 4) is 5.75 Å². The minimum absolute atomic E-state index is 0.402. The Kier molecular flexibility index (Phi) is 2.01. The molecule has 0 spiro atoms. The monoisotopic (exact) mass is 202 g/mol. The van der Waals surface area contributed by atoms with Gasteiger partial charge < -0.3 is 5.11 Å². The van der Waals surface area contributed by atoms with E-state index >= 15 is 0 Å². The van der Waals surface area contributed by atoms with Gasteiger partial charge in [0.15, 0.2) is 0 Å². The summed E-state index contributed by atoms with van der Waals surface area (Å²) in [6.07, 6.45) is 5.72. The summed E-state index contributed by atoms with van der Waals surface area (Å²) in [6, 6.07) is 5.88. The van der Waals surface area contributed by atoms with Gasteiger partial charge in [0.05, 0.1) is 0 Å². The number of aromatic hydroxyl groups is 1. The van der Waals surface area contributed by atoms with Crippen LogP contribution in [0.25, 0.3) is 0 Å². The number of hydrogen-bond acceptors (Lipinski definition) is 1. The molecule has 0 aliphatic heterocycles. The van der Waals surface area contributed by atoms with Gasteiger partial charge in [-0.2, -0.15) is 0 Å². The van der Waals surface area contributed by atoms with Gasteiger partial charge in [-0.15, -0.1) is 0 Å². The molecule has 2 saturated carbocycles. The number of hydrogen-bond donors (Lipinski definition) is 1. The second kappa shape index (κ2) is 3.26. The summed E-state index contributed by atoms with van der Waals surface area (Å²) in [6.45, 7) is 2.13. The predicted octanol–water partition coefficient (Wildman–Crippen LogP) is 3.60. The molecule has 0 saturated heterocycles. The number of fused-ring (bicyclic) bond motifs is 2. The van der Waals surface area contributed by atoms with Crippen LogP contribution < -0.4 is 0 Å². The molecular formula is C14H18O. The van der Waals surface area contributed by atoms with E-state index in [1.165, 1.54) is 36.8 Å². The number of phenols is 1. The van der Waals surface area contributed by atoms with Crippen LogP contribution in [0.2, 0.25) is 0 Å². The Morgan fingerprint density at radius 2 is 2.07 bits per heavy atom. The first kappa shape index (κ1) is 9.26. The maximum absolute atomic E-state index is 9.41. The first-order valence-electron chi connectivity index (χ1n) is 6.03. The lowest BCUT2D eigenvalue weighted by Crippen LogP contribution is -2.09. The molecule has 3 rings (SSSR count). The van der Waals surface area contributed by atoms with Gasteiger partial charge in [-0.25, -0.2) is 0 Å². The third kappa shape index (κ3) is 1.45. The van der Waals surface area contributed by atoms with Gasteiger partial charge in [-0.1, -0.05) is 12.5 Å². The lowest BCUT2D eigenvalue weighted by molar-refractivity contribution is 0.417. The Balaban J connectivity index is 1.93. The maximum Gasteiger partial charge on any atom is 0.115 e. The van der Waals surface area contributed by atoms with Crippen LogP contribution in [0, 0.1) is 18.8 Å². The largest absolute Gasteiger partial charge is 0.508 e. The molecule has 0 radical (unpaired) electrons. The average molecular weight is 202 g/mol. The zero-order chi connectivity index (χ0) is 10.4. The normalized spacial score (nSPS) is 33.5. The summed E-state index contributed by atoms with van der Waals surface area (Å²) in [5.74, 6) is 3.11. The molecule has 1 heteroatoms. The Labute approximate surface area is 91.1 Å². The van der Waals surface area contributed by atoms with Crippen LogP contribution in [-0.4, -0.2) is 5.11 Å². The number of phenolic OH excluding ortho intramolecular Hbond substituents is 1. The van der Waals surface area contributed by atoms with E-state index < -0.39 is 0 Å². The average Bonchev–Trinajstić information content (AvgIpc) is 2.78. The third-order valence-corrected chi connectivity index (χ3v) is 4.39. The zero-order valence-electron chi connectivity index (χ0n) is 9.24. The van der Waals surface area contributed by atoms with Crippen molar-refractivity contribution in [2.45, 2.75) is 38.5 Å². The molecule has 2 fully saturated rings. The van der Waals surface area contributed by atoms with Crippen LogP contribution in [0.4, 0.5) is 0 Å². The van der Waals surface area contributed by atoms with Crippen LogP contribution in [-0.2, 0) is 0 Å². The fraction of sp³-hybridized carbons (Fsp3) is 0.571. The van der Waals surface area contributed by atoms with E-state index in [2.05, 4.69) is 13.0 Å². The van der Waals surface area contributed by atoms with Crippen LogP contribution in [0.1, 0.15) is 42.7 Å². The highest BCUT2D eigenvalue weighted by molar-refractivity contribution is 5.37. The quantitative estimate of drug-likeness (QED) is 0.737. The van der Waals surface area contributed by atoms with Gasteiger partial charge in [-0.05, 0) is 67.2 Å². The summed E-state index contributed by atoms with van der Waals surface area (Å²) < 4.78 is 0. The molecule has 0 amide bonds. The van der Waals surface area contributed by atoms with Crippen LogP contribution >= 0.6 is 0 Å². The Hall–Kier alpha value is -0.980. The van der Waals surface area contributed by atoms with E-state index in [1.807, 2.05) is 12.1 Å². The number of benzene rings is 1. The third-order valence-electron chi connectivity index (χ3n) is 4.39. The molecule has 1 N–H and O–H groups in total. The van der Waals surface area contributed by atoms with Crippen molar-refractivity contribution < 1.29 is 5.11 Å². The van der Waals surface area contributed by atoms with E-state index in [0.29, 0.717) is 5.75 Å². The molecule has 0 unspecified atom stereocenters. The van der Waals surface area contributed by atoms with Gasteiger partial charge in [-0.3, -0.25) is 0 Å². The molecular weight excluding hydrogens is 184 g/mol. The van der Waals surface area contributed by atoms with Crippen molar-refractivity contribution in [3.05, 3.63) is 29.3 Å². The minimum atomic E-state index is 0.402. The Bertz CT molecular complexity index is 383. The van der Waals surface area contributed by atoms with Gasteiger partial charge in [0.2, 0.25) is 0 Å². The van der Waals surface area contributed by atoms with E-state index in [0.717, 1.165) is 17.8 Å². The summed E-state index contributed by atoms with van der Waals surface area (Å²) in [5, 5.41) is 9.41. The summed E-state index contributed by atoms with van der Waals surface area (Å²) in [7, 11) is 0. The topological polar surface area (TPSA) is 20.2 Å². The first-order chi connectivity index (χ1) is 7.24. The van der Waals surface area contributed by atoms with E-state index in [9.17, 15) is 5.11 Å². The van der Waals surface area contributed by atoms with Crippen molar-refractivity contribution in [2.24, 2.45) is 11.8 Å². The lowest BCUT2D eigenvalue weighted by atomic mass is 9.82. The van der Waals surface area contributed by atoms with Gasteiger partial charge in [0.1, 0.15) is 5.75 Å². The van der Waals surface area contributed by atoms with Gasteiger partial charge in [0, 0.05) is 0 Å². The molecule has 0 heterocycles. The predicted molar refractivity (Wildman–Crippen MR) is 61.0 cm³/mol. The molecule has 3 atom stereocenters. The highest BCUT2D eigenvalue weighted by Gasteiger charge is 2.40. The second-order valence-corrected chi connectivity index (χ2v) is 5.32. The van der Waals surface area contributed by atoms with Crippen LogP contribution in [0.15, 0.2) is 18.2 Å². The molecule has 2 bridgehead atoms. The summed E-state index contributed by atoms with van der Waals surface area (Å²) in [5.41, 5.74) is 2.76. The number of rotatable bonds is 1. The number of aryl methyl sites for hydroxylation is 1. The van der Waals surface area contributed by atoms with Crippen molar-refractivity contribution >= 4 is 0 Å². The Morgan fingerprint density at radius 1 is 1.20 bits per heavy atom. The maximum atomic E-state index is 9.41. The summed E-state index contributed by atoms with van der Waals surface area (Å²) in [4.78, 5) is 0. The molecule has 1 aromatic carbocycles. The fourth-order valence-corrected chi connectivity index (χ4v) is 3.70. The van der Waals surface area contributed by atoms with Crippen molar-refractivity contribution in [2.75, 3.05) is 0 Å². The molecule has 15 heavy (non-hydrogen) atoms. The highest BCUT2D eigenvalue weighted by Crippen LogP contribution is 2.53. The highest BCUT2D eigenvalue weighted by atomic mass is 16.3. The Morgan fingerprint density at radius 3 is 2.67 bits per heavy atom. The molecule has 0 aromatic heterocycles. The van der Waals surface area contributed by atoms with Gasteiger partial charge in [0.25, 0.3) is 0 Å². The standard InChI is InChI=1S/C14H18O/c1-9-6-12(15)4-5-13(9)14-8-10-2-3-11(14)7-10/h4-6,10-11,14-15H,2-3,7-8H2,1H3/t10-,11+,14-/m0/s1. The van der Waals surface area contributed by atoms with Gasteiger partial charge >= 0.3 is 0 Å². The van der Waals surface area contributed by atoms with Crippen molar-refractivity contribution in [3.63, 3.8) is 0 Å². The lowest BCUT2D eigenvalue weighted by Gasteiger charge is -2.23. The molecule has 2 aliphatic carbocycles. The SMILES string of the molecule is Cc1cc(O)ccc1[C@H]1C[C@H]2CC[C@@H]1C2. The van der Waals surface area contributed by atoms with Crippen molar-refractivity contribution in [1.82, 2.24) is 0 Å². The molecule has 2 aliphatic rings. The smallest absolute Gasteiger partial charge is 0.115 e. The van der Waals surface area contributed by atoms with E-state index in [4.69, 9.17) is 0 Å². The minimum Gasteiger partial charge on any atom is -0.508 e. The van der Waals surface area contributed by atoms with Crippen molar-refractivity contribution in [1.29, 1.82) is 0 Å². The molecule has 1 aromatic rings. The van der Waals surface area contributed by atoms with Crippen LogP contribution in [0.5, 0.6) is 5.75 Å². The summed E-state index contributed by atoms with van der Waals surface area (Å²) >= 11 is 0. The van der Waals surface area contributed by atoms with E-state index in [-0.39, 0.29) is 0 Å². The molecule has 1 nitrogen and oxygen atoms in total. The second-order valence-electron chi connectivity index (χ2n) is 5.32. The first-order valence-corrected chi connectivity index (χ1v) is 6.03. The zero-order valence-corrected chi connectivity index (χ0v) is 9.24. The molecule has 80 valence electrons.